The molecule has 0 rings (SSSR count). The number of hydrogen-bond acceptors (Lipinski definition) is 3. The predicted molar refractivity (Wildman–Crippen MR) is 14.5 cm³/mol. The van der Waals surface area contributed by atoms with Crippen molar-refractivity contribution in [2.24, 2.45) is 0 Å². The van der Waals surface area contributed by atoms with Crippen LogP contribution >= 0.6 is 0 Å². The Bertz CT molecular complexity index is 43.0. The molecule has 0 heterocycles. The van der Waals surface area contributed by atoms with E-state index < -0.39 is 6.16 Å². The Labute approximate surface area is 64.9 Å². The minimum atomic E-state index is -2.08. The Kier molecular flexibility index (Phi) is 36.0. The van der Waals surface area contributed by atoms with Gasteiger partial charge in [-0.3, -0.25) is 0 Å². The van der Waals surface area contributed by atoms with Gasteiger partial charge in [-0.1, -0.05) is 0 Å². The van der Waals surface area contributed by atoms with Crippen molar-refractivity contribution in [1.29, 1.82) is 0 Å². The molecule has 1 N–H and O–H groups in total. The fourth-order valence-corrected chi connectivity index (χ4v) is 0. The molecule has 0 radical (unpaired) electrons. The first-order chi connectivity index (χ1) is 2.73. The maximum absolute atomic E-state index is 8.44. The van der Waals surface area contributed by atoms with Gasteiger partial charge in [-0.05, 0) is 0 Å². The molecule has 0 aromatic heterocycles. The molecule has 6 heteroatoms. The van der Waals surface area contributed by atoms with Crippen LogP contribution < -0.4 is 24.0 Å². The molecule has 0 unspecified atom stereocenters. The molecule has 0 fully saturated rings. The van der Waals surface area contributed by atoms with E-state index in [1.54, 1.807) is 0 Å². The number of carboxylic acid groups (broad SMARTS) is 2. The van der Waals surface area contributed by atoms with Gasteiger partial charge in [0.25, 0.3) is 0 Å². The van der Waals surface area contributed by atoms with Crippen LogP contribution in [0, 0.1) is 0 Å². The summed E-state index contributed by atoms with van der Waals surface area (Å²) >= 11 is 0.611. The summed E-state index contributed by atoms with van der Waals surface area (Å²) in [6.45, 7) is 0. The average Bonchev–Trinajstić information content (AvgIpc) is 1.41. The summed E-state index contributed by atoms with van der Waals surface area (Å²) in [4.78, 5) is 8.44. The Morgan fingerprint density at radius 2 is 1.57 bits per heavy atom. The second-order valence-corrected chi connectivity index (χ2v) is 0.266. The van der Waals surface area contributed by atoms with Crippen molar-refractivity contribution in [1.82, 2.24) is 0 Å². The van der Waals surface area contributed by atoms with Gasteiger partial charge in [0.15, 0.2) is 0 Å². The molecule has 0 amide bonds. The molecule has 0 saturated carbocycles. The van der Waals surface area contributed by atoms with E-state index in [0.29, 0.717) is 21.7 Å². The number of rotatable bonds is 0. The Balaban J connectivity index is -0.0000000480. The molecule has 4 nitrogen and oxygen atoms in total. The van der Waals surface area contributed by atoms with Crippen molar-refractivity contribution >= 4 is 27.8 Å². The van der Waals surface area contributed by atoms with Crippen LogP contribution in [0.2, 0.25) is 0 Å². The van der Waals surface area contributed by atoms with E-state index in [-0.39, 0.29) is 18.9 Å². The molecule has 0 aromatic rings. The van der Waals surface area contributed by atoms with E-state index in [1.807, 2.05) is 0 Å². The summed E-state index contributed by atoms with van der Waals surface area (Å²) in [5.41, 5.74) is 0. The SMILES string of the molecule is O=C([O-])O.[Li+].[O]=[Mg]. The summed E-state index contributed by atoms with van der Waals surface area (Å²) in [5, 5.41) is 15.3. The van der Waals surface area contributed by atoms with Gasteiger partial charge in [-0.25, -0.2) is 0 Å². The average molecular weight is 108 g/mol. The van der Waals surface area contributed by atoms with Crippen molar-refractivity contribution in [2.45, 2.75) is 0 Å². The van der Waals surface area contributed by atoms with Crippen LogP contribution in [0.3, 0.4) is 0 Å². The molecule has 0 bridgehead atoms. The number of carbonyl (C=O) groups is 1. The first-order valence-corrected chi connectivity index (χ1v) is 1.50. The topological polar surface area (TPSA) is 77.4 Å². The van der Waals surface area contributed by atoms with Crippen molar-refractivity contribution in [2.75, 3.05) is 0 Å². The van der Waals surface area contributed by atoms with E-state index in [9.17, 15) is 0 Å². The molecule has 0 aliphatic heterocycles. The van der Waals surface area contributed by atoms with Crippen molar-refractivity contribution in [3.8, 4) is 0 Å². The van der Waals surface area contributed by atoms with E-state index in [1.165, 1.54) is 0 Å². The van der Waals surface area contributed by atoms with Gasteiger partial charge in [0.1, 0.15) is 0 Å². The predicted octanol–water partition coefficient (Wildman–Crippen LogP) is -4.61. The summed E-state index contributed by atoms with van der Waals surface area (Å²) < 4.78 is 8.28. The zero-order valence-electron chi connectivity index (χ0n) is 3.88. The van der Waals surface area contributed by atoms with Gasteiger partial charge < -0.3 is 15.0 Å². The third-order valence-electron chi connectivity index (χ3n) is 0. The molecule has 0 spiro atoms. The molecule has 0 aromatic carbocycles. The van der Waals surface area contributed by atoms with Crippen LogP contribution in [0.5, 0.6) is 0 Å². The van der Waals surface area contributed by atoms with Gasteiger partial charge in [0.2, 0.25) is 6.16 Å². The van der Waals surface area contributed by atoms with Crippen LogP contribution in [0.4, 0.5) is 4.79 Å². The fourth-order valence-electron chi connectivity index (χ4n) is 0. The van der Waals surface area contributed by atoms with Crippen LogP contribution in [0.25, 0.3) is 0 Å². The standard InChI is InChI=1S/CH2O3.Li.Mg.O/c2-1(3)4;;;/h(H2,2,3,4);;;/q;+1;;/p-1. The molecule has 0 saturated heterocycles. The fraction of sp³-hybridized carbons (Fsp3) is 0. The maximum atomic E-state index is 8.44. The second-order valence-electron chi connectivity index (χ2n) is 0.266. The zero-order valence-corrected chi connectivity index (χ0v) is 5.29. The van der Waals surface area contributed by atoms with Gasteiger partial charge in [-0.15, -0.1) is 0 Å². The summed E-state index contributed by atoms with van der Waals surface area (Å²) in [6, 6.07) is 0. The summed E-state index contributed by atoms with van der Waals surface area (Å²) in [5.74, 6) is 0. The van der Waals surface area contributed by atoms with Gasteiger partial charge in [-0.2, -0.15) is 0 Å². The Hall–Kier alpha value is 0.434. The van der Waals surface area contributed by atoms with E-state index in [2.05, 4.69) is 0 Å². The molecule has 0 aliphatic carbocycles. The van der Waals surface area contributed by atoms with Gasteiger partial charge >= 0.3 is 43.7 Å². The van der Waals surface area contributed by atoms with Crippen LogP contribution in [-0.2, 0) is 3.17 Å². The second kappa shape index (κ2) is 16.1. The molecule has 32 valence electrons. The van der Waals surface area contributed by atoms with Crippen LogP contribution in [0.15, 0.2) is 0 Å². The third kappa shape index (κ3) is 673. The first kappa shape index (κ1) is 15.7. The normalized spacial score (nSPS) is 4.29. The van der Waals surface area contributed by atoms with E-state index >= 15 is 0 Å². The quantitative estimate of drug-likeness (QED) is 0.317. The van der Waals surface area contributed by atoms with Crippen LogP contribution in [-0.4, -0.2) is 33.0 Å². The first-order valence-electron chi connectivity index (χ1n) is 0.921. The monoisotopic (exact) mass is 108 g/mol. The minimum absolute atomic E-state index is 0. The van der Waals surface area contributed by atoms with Gasteiger partial charge in [0, 0.05) is 0 Å². The molecular weight excluding hydrogens is 107 g/mol. The van der Waals surface area contributed by atoms with Crippen molar-refractivity contribution in [3.63, 3.8) is 0 Å². The zero-order chi connectivity index (χ0) is 5.58. The van der Waals surface area contributed by atoms with Crippen LogP contribution in [0.1, 0.15) is 0 Å². The molecule has 0 aliphatic rings. The Morgan fingerprint density at radius 1 is 1.57 bits per heavy atom. The molecule has 0 atom stereocenters. The van der Waals surface area contributed by atoms with Crippen molar-refractivity contribution < 1.29 is 37.0 Å². The van der Waals surface area contributed by atoms with E-state index in [4.69, 9.17) is 18.2 Å². The summed E-state index contributed by atoms with van der Waals surface area (Å²) in [6.07, 6.45) is -2.08. The summed E-state index contributed by atoms with van der Waals surface area (Å²) in [7, 11) is 0. The van der Waals surface area contributed by atoms with Crippen molar-refractivity contribution in [3.05, 3.63) is 0 Å². The Morgan fingerprint density at radius 3 is 1.57 bits per heavy atom. The molecular formula is CHLiMgO4. The number of hydrogen-bond donors (Lipinski definition) is 1. The molecule has 7 heavy (non-hydrogen) atoms. The van der Waals surface area contributed by atoms with E-state index in [0.717, 1.165) is 0 Å². The third-order valence-corrected chi connectivity index (χ3v) is 0. The van der Waals surface area contributed by atoms with Gasteiger partial charge in [0.05, 0.1) is 0 Å².